The quantitative estimate of drug-likeness (QED) is 0.241. The van der Waals surface area contributed by atoms with Crippen molar-refractivity contribution in [2.45, 2.75) is 64.2 Å². The van der Waals surface area contributed by atoms with Crippen LogP contribution in [0.5, 0.6) is 0 Å². The third-order valence-electron chi connectivity index (χ3n) is 6.59. The van der Waals surface area contributed by atoms with Crippen molar-refractivity contribution in [1.29, 1.82) is 0 Å². The molecule has 0 fully saturated rings. The van der Waals surface area contributed by atoms with Crippen molar-refractivity contribution in [3.63, 3.8) is 0 Å². The van der Waals surface area contributed by atoms with Crippen LogP contribution in [0, 0.1) is 11.8 Å². The summed E-state index contributed by atoms with van der Waals surface area (Å²) in [5.74, 6) is 5.04. The number of methoxy groups -OCH3 is 2. The van der Waals surface area contributed by atoms with E-state index >= 15 is 0 Å². The van der Waals surface area contributed by atoms with Gasteiger partial charge in [0.1, 0.15) is 6.10 Å². The molecule has 2 atom stereocenters. The molecule has 0 bridgehead atoms. The molecule has 1 aromatic rings. The Morgan fingerprint density at radius 2 is 1.89 bits per heavy atom. The number of aliphatic hydroxyl groups excluding tert-OH is 3. The molecule has 0 radical (unpaired) electrons. The van der Waals surface area contributed by atoms with Crippen molar-refractivity contribution < 1.29 is 34.3 Å². The first-order valence-corrected chi connectivity index (χ1v) is 12.9. The average molecular weight is 527 g/mol. The maximum Gasteiger partial charge on any atom is 0.300 e. The predicted octanol–water partition coefficient (Wildman–Crippen LogP) is 4.76. The highest BCUT2D eigenvalue weighted by Crippen LogP contribution is 2.37. The van der Waals surface area contributed by atoms with E-state index in [-0.39, 0.29) is 23.0 Å². The molecule has 9 nitrogen and oxygen atoms in total. The fourth-order valence-electron chi connectivity index (χ4n) is 4.36. The molecule has 38 heavy (non-hydrogen) atoms. The predicted molar refractivity (Wildman–Crippen MR) is 146 cm³/mol. The fraction of sp³-hybridized carbons (Fsp3) is 0.483. The van der Waals surface area contributed by atoms with Crippen molar-refractivity contribution >= 4 is 23.0 Å². The van der Waals surface area contributed by atoms with Crippen LogP contribution in [0.25, 0.3) is 5.76 Å². The lowest BCUT2D eigenvalue weighted by Gasteiger charge is -2.34. The zero-order valence-electron chi connectivity index (χ0n) is 22.5. The van der Waals surface area contributed by atoms with E-state index in [0.717, 1.165) is 19.3 Å². The number of nitrogens with zero attached hydrogens (tertiary/aromatic N) is 1. The molecule has 0 saturated carbocycles. The van der Waals surface area contributed by atoms with Gasteiger partial charge in [0, 0.05) is 43.3 Å². The molecule has 1 amide bonds. The summed E-state index contributed by atoms with van der Waals surface area (Å²) in [6.07, 6.45) is 6.80. The second-order valence-corrected chi connectivity index (χ2v) is 9.30. The number of ether oxygens (including phenoxy) is 3. The standard InChI is InChI=1S/C29H38N2O7/c1-5-6-7-8-9-10-15-38-28-26(33)21-13-12-20(18-22(21)31(2)29(28)35)30-25(32)14-11-19-16-23(36-3)27(34)24(17-19)37-4/h12-13,16,18,24,29,33-35H,5-10,15,17H2,1-4H3,(H,30,32). The number of likely N-dealkylation sites (N-methyl/N-ethyl adjacent to an activating group) is 1. The van der Waals surface area contributed by atoms with E-state index in [0.29, 0.717) is 35.5 Å². The molecule has 2 aliphatic rings. The van der Waals surface area contributed by atoms with Crippen LogP contribution in [0.1, 0.15) is 57.4 Å². The van der Waals surface area contributed by atoms with Crippen molar-refractivity contribution in [2.75, 3.05) is 38.1 Å². The van der Waals surface area contributed by atoms with Gasteiger partial charge in [-0.25, -0.2) is 0 Å². The zero-order chi connectivity index (χ0) is 27.7. The summed E-state index contributed by atoms with van der Waals surface area (Å²) in [6.45, 7) is 2.60. The molecule has 3 rings (SSSR count). The van der Waals surface area contributed by atoms with Crippen molar-refractivity contribution in [2.24, 2.45) is 0 Å². The van der Waals surface area contributed by atoms with Crippen molar-refractivity contribution in [3.05, 3.63) is 52.7 Å². The third-order valence-corrected chi connectivity index (χ3v) is 6.59. The Hall–Kier alpha value is -3.61. The second-order valence-electron chi connectivity index (χ2n) is 9.30. The minimum absolute atomic E-state index is 0.0152. The molecule has 1 aliphatic heterocycles. The number of aliphatic hydroxyl groups is 3. The summed E-state index contributed by atoms with van der Waals surface area (Å²) in [7, 11) is 4.59. The summed E-state index contributed by atoms with van der Waals surface area (Å²) in [5.41, 5.74) is 2.07. The van der Waals surface area contributed by atoms with Crippen LogP contribution in [0.15, 0.2) is 47.1 Å². The maximum absolute atomic E-state index is 12.5. The average Bonchev–Trinajstić information content (AvgIpc) is 2.92. The zero-order valence-corrected chi connectivity index (χ0v) is 22.5. The van der Waals surface area contributed by atoms with Crippen molar-refractivity contribution in [1.82, 2.24) is 0 Å². The largest absolute Gasteiger partial charge is 0.506 e. The Bertz CT molecular complexity index is 1160. The summed E-state index contributed by atoms with van der Waals surface area (Å²) in [6, 6.07) is 4.97. The Kier molecular flexibility index (Phi) is 10.5. The minimum atomic E-state index is -1.15. The van der Waals surface area contributed by atoms with Gasteiger partial charge in [-0.3, -0.25) is 4.79 Å². The number of allylic oxidation sites excluding steroid dienone is 1. The lowest BCUT2D eigenvalue weighted by molar-refractivity contribution is -0.111. The van der Waals surface area contributed by atoms with E-state index in [4.69, 9.17) is 14.2 Å². The number of anilines is 2. The van der Waals surface area contributed by atoms with E-state index in [1.54, 1.807) is 36.2 Å². The lowest BCUT2D eigenvalue weighted by atomic mass is 10.00. The monoisotopic (exact) mass is 526 g/mol. The van der Waals surface area contributed by atoms with Gasteiger partial charge in [0.2, 0.25) is 0 Å². The van der Waals surface area contributed by atoms with Crippen LogP contribution in [0.2, 0.25) is 0 Å². The maximum atomic E-state index is 12.5. The SMILES string of the molecule is CCCCCCCCOC1=C(O)c2ccc(NC(=O)C#CC3=CC(OC)=C(O)C(OC)C3)cc2N(C)C1O. The molecule has 1 aliphatic carbocycles. The Morgan fingerprint density at radius 3 is 2.61 bits per heavy atom. The van der Waals surface area contributed by atoms with Gasteiger partial charge in [-0.15, -0.1) is 0 Å². The van der Waals surface area contributed by atoms with Crippen LogP contribution in [-0.2, 0) is 19.0 Å². The minimum Gasteiger partial charge on any atom is -0.506 e. The number of hydrogen-bond acceptors (Lipinski definition) is 8. The molecular weight excluding hydrogens is 488 g/mol. The number of hydrogen-bond donors (Lipinski definition) is 4. The number of carbonyl (C=O) groups excluding carboxylic acids is 1. The molecule has 1 heterocycles. The molecule has 0 spiro atoms. The number of rotatable bonds is 11. The Morgan fingerprint density at radius 1 is 1.16 bits per heavy atom. The van der Waals surface area contributed by atoms with Gasteiger partial charge in [-0.05, 0) is 30.7 Å². The summed E-state index contributed by atoms with van der Waals surface area (Å²) in [5, 5.41) is 34.4. The number of carbonyl (C=O) groups is 1. The number of fused-ring (bicyclic) bond motifs is 1. The first-order chi connectivity index (χ1) is 18.3. The Balaban J connectivity index is 1.66. The van der Waals surface area contributed by atoms with Gasteiger partial charge in [-0.2, -0.15) is 0 Å². The third kappa shape index (κ3) is 7.03. The highest BCUT2D eigenvalue weighted by molar-refractivity contribution is 6.04. The first kappa shape index (κ1) is 29.0. The molecular formula is C29H38N2O7. The summed E-state index contributed by atoms with van der Waals surface area (Å²) < 4.78 is 16.2. The highest BCUT2D eigenvalue weighted by Gasteiger charge is 2.31. The summed E-state index contributed by atoms with van der Waals surface area (Å²) >= 11 is 0. The van der Waals surface area contributed by atoms with Gasteiger partial charge < -0.3 is 39.7 Å². The van der Waals surface area contributed by atoms with Gasteiger partial charge in [0.25, 0.3) is 0 Å². The van der Waals surface area contributed by atoms with Crippen molar-refractivity contribution in [3.8, 4) is 11.8 Å². The van der Waals surface area contributed by atoms with E-state index < -0.39 is 18.2 Å². The molecule has 4 N–H and O–H groups in total. The number of unbranched alkanes of at least 4 members (excludes halogenated alkanes) is 5. The number of amides is 1. The highest BCUT2D eigenvalue weighted by atomic mass is 16.5. The second kappa shape index (κ2) is 13.8. The number of nitrogens with one attached hydrogen (secondary N) is 1. The van der Waals surface area contributed by atoms with E-state index in [1.807, 2.05) is 0 Å². The van der Waals surface area contributed by atoms with E-state index in [9.17, 15) is 20.1 Å². The smallest absolute Gasteiger partial charge is 0.300 e. The summed E-state index contributed by atoms with van der Waals surface area (Å²) in [4.78, 5) is 14.1. The molecule has 0 aromatic heterocycles. The Labute approximate surface area is 224 Å². The van der Waals surface area contributed by atoms with Gasteiger partial charge in [0.15, 0.2) is 29.3 Å². The van der Waals surface area contributed by atoms with Crippen LogP contribution in [0.4, 0.5) is 11.4 Å². The topological polar surface area (TPSA) is 121 Å². The van der Waals surface area contributed by atoms with Crippen LogP contribution in [0.3, 0.4) is 0 Å². The number of benzene rings is 1. The first-order valence-electron chi connectivity index (χ1n) is 12.9. The fourth-order valence-corrected chi connectivity index (χ4v) is 4.36. The van der Waals surface area contributed by atoms with E-state index in [1.165, 1.54) is 33.5 Å². The molecule has 0 saturated heterocycles. The van der Waals surface area contributed by atoms with Crippen LogP contribution < -0.4 is 10.2 Å². The molecule has 1 aromatic carbocycles. The van der Waals surface area contributed by atoms with Gasteiger partial charge >= 0.3 is 5.91 Å². The lowest BCUT2D eigenvalue weighted by Crippen LogP contribution is -2.38. The van der Waals surface area contributed by atoms with E-state index in [2.05, 4.69) is 24.1 Å². The molecule has 2 unspecified atom stereocenters. The molecule has 206 valence electrons. The van der Waals surface area contributed by atoms with Gasteiger partial charge in [0.05, 0.1) is 19.4 Å². The van der Waals surface area contributed by atoms with Crippen LogP contribution >= 0.6 is 0 Å². The molecule has 9 heteroatoms. The normalized spacial score (nSPS) is 18.9. The van der Waals surface area contributed by atoms with Gasteiger partial charge in [-0.1, -0.05) is 44.9 Å². The van der Waals surface area contributed by atoms with Crippen LogP contribution in [-0.4, -0.2) is 61.4 Å².